The van der Waals surface area contributed by atoms with Gasteiger partial charge in [0, 0.05) is 35.4 Å². The number of aromatic nitrogens is 1. The van der Waals surface area contributed by atoms with Crippen molar-refractivity contribution in [3.8, 4) is 45.9 Å². The third-order valence-corrected chi connectivity index (χ3v) is 7.29. The van der Waals surface area contributed by atoms with Gasteiger partial charge in [0.05, 0.1) is 12.7 Å². The van der Waals surface area contributed by atoms with Gasteiger partial charge in [0.1, 0.15) is 29.3 Å². The van der Waals surface area contributed by atoms with E-state index in [-0.39, 0.29) is 29.4 Å². The second-order valence-corrected chi connectivity index (χ2v) is 9.43. The second-order valence-electron chi connectivity index (χ2n) is 9.43. The number of methoxy groups -OCH3 is 1. The van der Waals surface area contributed by atoms with Crippen molar-refractivity contribution in [2.24, 2.45) is 5.73 Å². The minimum absolute atomic E-state index is 0.0610. The minimum atomic E-state index is -0.665. The average Bonchev–Trinajstić information content (AvgIpc) is 2.87. The van der Waals surface area contributed by atoms with E-state index in [0.29, 0.717) is 39.4 Å². The van der Waals surface area contributed by atoms with E-state index in [0.717, 1.165) is 32.1 Å². The monoisotopic (exact) mass is 483 g/mol. The number of ether oxygens (including phenoxy) is 1. The van der Waals surface area contributed by atoms with Crippen LogP contribution >= 0.6 is 0 Å². The molecule has 2 aliphatic heterocycles. The van der Waals surface area contributed by atoms with Gasteiger partial charge in [0.2, 0.25) is 0 Å². The van der Waals surface area contributed by atoms with Crippen molar-refractivity contribution in [1.29, 1.82) is 10.5 Å². The number of benzene rings is 2. The zero-order valence-electron chi connectivity index (χ0n) is 19.9. The van der Waals surface area contributed by atoms with Crippen LogP contribution in [0.15, 0.2) is 42.6 Å². The number of phenolic OH excluding ortho intramolecular Hbond substituents is 1. The quantitative estimate of drug-likeness (QED) is 0.544. The molecule has 0 spiro atoms. The molecule has 0 radical (unpaired) electrons. The molecular weight excluding hydrogens is 457 g/mol. The number of phenols is 1. The zero-order valence-corrected chi connectivity index (χ0v) is 19.9. The molecule has 0 saturated carbocycles. The lowest BCUT2D eigenvalue weighted by Gasteiger charge is -2.49. The molecule has 3 aromatic rings. The molecule has 182 valence electrons. The van der Waals surface area contributed by atoms with Crippen molar-refractivity contribution in [3.05, 3.63) is 59.5 Å². The summed E-state index contributed by atoms with van der Waals surface area (Å²) in [6.45, 7) is 0. The van der Waals surface area contributed by atoms with E-state index in [4.69, 9.17) is 15.5 Å². The fraction of sp³-hybridized carbons (Fsp3) is 0.321. The molecule has 2 bridgehead atoms. The standard InChI is InChI=1S/C28H26FN5O2/c1-36-26-8-7-16(10-25(26)35)23-15-33-28(34-20-3-2-4-21(34)12-19(32)11-20)22(14-31)27(23)17-5-6-18(13-30)24(29)9-17/h5-10,15,19-21,35H,2-4,11-12,32H2,1H3. The van der Waals surface area contributed by atoms with E-state index in [9.17, 15) is 20.0 Å². The second kappa shape index (κ2) is 9.49. The molecule has 36 heavy (non-hydrogen) atoms. The third-order valence-electron chi connectivity index (χ3n) is 7.29. The fourth-order valence-electron chi connectivity index (χ4n) is 5.71. The van der Waals surface area contributed by atoms with Crippen LogP contribution < -0.4 is 15.4 Å². The molecule has 3 heterocycles. The van der Waals surface area contributed by atoms with Crippen molar-refractivity contribution in [1.82, 2.24) is 4.98 Å². The molecule has 2 saturated heterocycles. The lowest BCUT2D eigenvalue weighted by Crippen LogP contribution is -2.56. The lowest BCUT2D eigenvalue weighted by atomic mass is 9.81. The summed E-state index contributed by atoms with van der Waals surface area (Å²) in [5.41, 5.74) is 8.71. The van der Waals surface area contributed by atoms with E-state index < -0.39 is 5.82 Å². The van der Waals surface area contributed by atoms with E-state index in [1.165, 1.54) is 25.3 Å². The third kappa shape index (κ3) is 4.00. The Labute approximate surface area is 209 Å². The van der Waals surface area contributed by atoms with Crippen LogP contribution in [0.3, 0.4) is 0 Å². The first-order valence-electron chi connectivity index (χ1n) is 12.0. The van der Waals surface area contributed by atoms with Gasteiger partial charge in [-0.3, -0.25) is 0 Å². The highest BCUT2D eigenvalue weighted by Crippen LogP contribution is 2.44. The maximum absolute atomic E-state index is 14.8. The summed E-state index contributed by atoms with van der Waals surface area (Å²) >= 11 is 0. The van der Waals surface area contributed by atoms with Gasteiger partial charge >= 0.3 is 0 Å². The largest absolute Gasteiger partial charge is 0.504 e. The Hall–Kier alpha value is -4.14. The topological polar surface area (TPSA) is 119 Å². The van der Waals surface area contributed by atoms with E-state index >= 15 is 0 Å². The number of piperidine rings is 2. The van der Waals surface area contributed by atoms with Crippen LogP contribution in [0.25, 0.3) is 22.3 Å². The van der Waals surface area contributed by atoms with Crippen molar-refractivity contribution >= 4 is 5.82 Å². The molecule has 1 aromatic heterocycles. The summed E-state index contributed by atoms with van der Waals surface area (Å²) in [6.07, 6.45) is 6.40. The molecule has 0 aliphatic carbocycles. The molecule has 2 unspecified atom stereocenters. The van der Waals surface area contributed by atoms with Crippen LogP contribution in [0.1, 0.15) is 43.2 Å². The Balaban J connectivity index is 1.75. The number of rotatable bonds is 4. The van der Waals surface area contributed by atoms with Crippen molar-refractivity contribution in [2.75, 3.05) is 12.0 Å². The Morgan fingerprint density at radius 1 is 1.08 bits per heavy atom. The van der Waals surface area contributed by atoms with Crippen LogP contribution in [0.5, 0.6) is 11.5 Å². The molecule has 3 N–H and O–H groups in total. The summed E-state index contributed by atoms with van der Waals surface area (Å²) in [4.78, 5) is 7.02. The number of hydrogen-bond acceptors (Lipinski definition) is 7. The number of aromatic hydroxyl groups is 1. The summed E-state index contributed by atoms with van der Waals surface area (Å²) in [5.74, 6) is 0.156. The molecule has 0 amide bonds. The maximum atomic E-state index is 14.8. The maximum Gasteiger partial charge on any atom is 0.160 e. The van der Waals surface area contributed by atoms with Crippen LogP contribution in [0.4, 0.5) is 10.2 Å². The van der Waals surface area contributed by atoms with Crippen LogP contribution in [0, 0.1) is 28.5 Å². The fourth-order valence-corrected chi connectivity index (χ4v) is 5.71. The number of halogens is 1. The van der Waals surface area contributed by atoms with E-state index in [1.54, 1.807) is 24.4 Å². The number of fused-ring (bicyclic) bond motifs is 2. The SMILES string of the molecule is COc1ccc(-c2cnc(N3C4CCCC3CC(N)C4)c(C#N)c2-c2ccc(C#N)c(F)c2)cc1O. The molecule has 8 heteroatoms. The Kier molecular flexibility index (Phi) is 6.22. The minimum Gasteiger partial charge on any atom is -0.504 e. The van der Waals surface area contributed by atoms with Crippen molar-refractivity contribution in [3.63, 3.8) is 0 Å². The highest BCUT2D eigenvalue weighted by molar-refractivity contribution is 5.90. The van der Waals surface area contributed by atoms with Gasteiger partial charge in [0.25, 0.3) is 0 Å². The first kappa shape index (κ1) is 23.6. The summed E-state index contributed by atoms with van der Waals surface area (Å²) < 4.78 is 19.9. The first-order chi connectivity index (χ1) is 17.4. The number of nitrogens with two attached hydrogens (primary N) is 1. The number of hydrogen-bond donors (Lipinski definition) is 2. The van der Waals surface area contributed by atoms with Gasteiger partial charge < -0.3 is 20.5 Å². The van der Waals surface area contributed by atoms with Gasteiger partial charge in [-0.25, -0.2) is 9.37 Å². The highest BCUT2D eigenvalue weighted by atomic mass is 19.1. The zero-order chi connectivity index (χ0) is 25.4. The molecule has 2 aromatic carbocycles. The smallest absolute Gasteiger partial charge is 0.160 e. The molecule has 2 aliphatic rings. The number of pyridine rings is 1. The molecule has 2 atom stereocenters. The average molecular weight is 484 g/mol. The van der Waals surface area contributed by atoms with Crippen molar-refractivity contribution in [2.45, 2.75) is 50.2 Å². The lowest BCUT2D eigenvalue weighted by molar-refractivity contribution is 0.269. The Morgan fingerprint density at radius 3 is 2.42 bits per heavy atom. The summed E-state index contributed by atoms with van der Waals surface area (Å²) in [6, 6.07) is 13.9. The van der Waals surface area contributed by atoms with Gasteiger partial charge in [-0.1, -0.05) is 12.1 Å². The van der Waals surface area contributed by atoms with Crippen LogP contribution in [-0.2, 0) is 0 Å². The highest BCUT2D eigenvalue weighted by Gasteiger charge is 2.39. The Morgan fingerprint density at radius 2 is 1.81 bits per heavy atom. The first-order valence-corrected chi connectivity index (χ1v) is 12.0. The summed E-state index contributed by atoms with van der Waals surface area (Å²) in [5, 5.41) is 30.1. The van der Waals surface area contributed by atoms with E-state index in [2.05, 4.69) is 11.0 Å². The van der Waals surface area contributed by atoms with Gasteiger partial charge in [-0.05, 0) is 67.5 Å². The molecule has 7 nitrogen and oxygen atoms in total. The predicted octanol–water partition coefficient (Wildman–Crippen LogP) is 4.86. The number of nitriles is 2. The van der Waals surface area contributed by atoms with Gasteiger partial charge in [-0.15, -0.1) is 0 Å². The van der Waals surface area contributed by atoms with Crippen LogP contribution in [-0.4, -0.2) is 35.3 Å². The van der Waals surface area contributed by atoms with Gasteiger partial charge in [0.15, 0.2) is 11.5 Å². The van der Waals surface area contributed by atoms with Crippen molar-refractivity contribution < 1.29 is 14.2 Å². The molecule has 2 fully saturated rings. The summed E-state index contributed by atoms with van der Waals surface area (Å²) in [7, 11) is 1.46. The molecular formula is C28H26FN5O2. The van der Waals surface area contributed by atoms with E-state index in [1.807, 2.05) is 6.07 Å². The molecule has 5 rings (SSSR count). The Bertz CT molecular complexity index is 1400. The predicted molar refractivity (Wildman–Crippen MR) is 134 cm³/mol. The number of anilines is 1. The van der Waals surface area contributed by atoms with Crippen LogP contribution in [0.2, 0.25) is 0 Å². The number of nitrogens with zero attached hydrogens (tertiary/aromatic N) is 4. The van der Waals surface area contributed by atoms with Gasteiger partial charge in [-0.2, -0.15) is 10.5 Å². The normalized spacial score (nSPS) is 20.9.